The molecule has 0 spiro atoms. The molecule has 3 rings (SSSR count). The number of rotatable bonds is 7. The minimum atomic E-state index is -0.144. The Morgan fingerprint density at radius 2 is 1.90 bits per heavy atom. The van der Waals surface area contributed by atoms with Gasteiger partial charge in [-0.3, -0.25) is 9.59 Å². The van der Waals surface area contributed by atoms with Crippen LogP contribution < -0.4 is 10.2 Å². The fourth-order valence-corrected chi connectivity index (χ4v) is 3.42. The Labute approximate surface area is 171 Å². The Hall–Kier alpha value is -3.16. The molecule has 1 aliphatic rings. The summed E-state index contributed by atoms with van der Waals surface area (Å²) >= 11 is 0. The molecule has 2 aromatic rings. The molecule has 0 saturated carbocycles. The quantitative estimate of drug-likeness (QED) is 0.723. The number of amides is 2. The molecule has 1 aromatic heterocycles. The van der Waals surface area contributed by atoms with E-state index in [0.717, 1.165) is 30.8 Å². The maximum Gasteiger partial charge on any atom is 0.272 e. The minimum absolute atomic E-state index is 0.144. The number of hydrogen-bond donors (Lipinski definition) is 1. The molecule has 1 saturated heterocycles. The first-order valence-electron chi connectivity index (χ1n) is 10.00. The number of nitrogens with zero attached hydrogens (tertiary/aromatic N) is 5. The average molecular weight is 396 g/mol. The molecule has 1 aromatic carbocycles. The molecule has 29 heavy (non-hydrogen) atoms. The molecule has 0 unspecified atom stereocenters. The number of carbonyl (C=O) groups is 2. The molecular weight excluding hydrogens is 368 g/mol. The van der Waals surface area contributed by atoms with Crippen molar-refractivity contribution in [1.82, 2.24) is 19.8 Å². The number of benzene rings is 1. The van der Waals surface area contributed by atoms with Crippen molar-refractivity contribution in [1.29, 1.82) is 0 Å². The second-order valence-electron chi connectivity index (χ2n) is 7.00. The monoisotopic (exact) mass is 396 g/mol. The van der Waals surface area contributed by atoms with Crippen molar-refractivity contribution in [2.24, 2.45) is 0 Å². The van der Waals surface area contributed by atoms with Gasteiger partial charge in [0.15, 0.2) is 0 Å². The number of carbonyl (C=O) groups excluding carboxylic acids is 2. The largest absolute Gasteiger partial charge is 0.372 e. The zero-order valence-corrected chi connectivity index (χ0v) is 17.3. The molecule has 1 aliphatic heterocycles. The number of hydrogen-bond acceptors (Lipinski definition) is 6. The van der Waals surface area contributed by atoms with E-state index in [0.29, 0.717) is 37.8 Å². The lowest BCUT2D eigenvalue weighted by molar-refractivity contribution is -0.119. The third-order valence-corrected chi connectivity index (χ3v) is 5.21. The smallest absolute Gasteiger partial charge is 0.272 e. The molecule has 0 radical (unpaired) electrons. The SMILES string of the molecule is CCN(CC)c1ccc(Nc2nccc(C(=O)N3CCN(C=O)CC3)n2)c(C)c1. The van der Waals surface area contributed by atoms with Crippen molar-refractivity contribution in [3.8, 4) is 0 Å². The van der Waals surface area contributed by atoms with Crippen LogP contribution in [0.4, 0.5) is 17.3 Å². The van der Waals surface area contributed by atoms with Crippen molar-refractivity contribution in [3.63, 3.8) is 0 Å². The van der Waals surface area contributed by atoms with Crippen LogP contribution in [-0.2, 0) is 4.79 Å². The van der Waals surface area contributed by atoms with E-state index in [1.807, 2.05) is 13.0 Å². The zero-order chi connectivity index (χ0) is 20.8. The molecule has 2 heterocycles. The molecule has 0 aliphatic carbocycles. The third kappa shape index (κ3) is 4.82. The van der Waals surface area contributed by atoms with Gasteiger partial charge in [0.05, 0.1) is 0 Å². The number of piperazine rings is 1. The van der Waals surface area contributed by atoms with E-state index in [-0.39, 0.29) is 5.91 Å². The minimum Gasteiger partial charge on any atom is -0.372 e. The summed E-state index contributed by atoms with van der Waals surface area (Å²) in [4.78, 5) is 37.9. The van der Waals surface area contributed by atoms with Gasteiger partial charge in [0.2, 0.25) is 12.4 Å². The highest BCUT2D eigenvalue weighted by Crippen LogP contribution is 2.24. The van der Waals surface area contributed by atoms with Crippen LogP contribution in [0.5, 0.6) is 0 Å². The van der Waals surface area contributed by atoms with Crippen LogP contribution in [0.15, 0.2) is 30.5 Å². The Balaban J connectivity index is 1.71. The number of anilines is 3. The van der Waals surface area contributed by atoms with Gasteiger partial charge < -0.3 is 20.0 Å². The third-order valence-electron chi connectivity index (χ3n) is 5.21. The molecule has 154 valence electrons. The lowest BCUT2D eigenvalue weighted by Crippen LogP contribution is -2.48. The molecule has 8 nitrogen and oxygen atoms in total. The predicted molar refractivity (Wildman–Crippen MR) is 114 cm³/mol. The first-order chi connectivity index (χ1) is 14.0. The van der Waals surface area contributed by atoms with Crippen molar-refractivity contribution in [2.45, 2.75) is 20.8 Å². The first kappa shape index (κ1) is 20.6. The maximum atomic E-state index is 12.7. The number of aromatic nitrogens is 2. The summed E-state index contributed by atoms with van der Waals surface area (Å²) in [5, 5.41) is 3.22. The molecule has 0 atom stereocenters. The average Bonchev–Trinajstić information content (AvgIpc) is 2.76. The van der Waals surface area contributed by atoms with Gasteiger partial charge in [-0.1, -0.05) is 0 Å². The molecule has 8 heteroatoms. The maximum absolute atomic E-state index is 12.7. The number of aryl methyl sites for hydroxylation is 1. The fourth-order valence-electron chi connectivity index (χ4n) is 3.42. The lowest BCUT2D eigenvalue weighted by Gasteiger charge is -2.32. The van der Waals surface area contributed by atoms with Gasteiger partial charge in [0.25, 0.3) is 5.91 Å². The van der Waals surface area contributed by atoms with Crippen molar-refractivity contribution in [3.05, 3.63) is 41.7 Å². The van der Waals surface area contributed by atoms with Crippen LogP contribution in [0.25, 0.3) is 0 Å². The Morgan fingerprint density at radius 3 is 2.52 bits per heavy atom. The molecule has 1 N–H and O–H groups in total. The van der Waals surface area contributed by atoms with Crippen molar-refractivity contribution < 1.29 is 9.59 Å². The van der Waals surface area contributed by atoms with Crippen LogP contribution in [0, 0.1) is 6.92 Å². The Bertz CT molecular complexity index is 860. The van der Waals surface area contributed by atoms with Gasteiger partial charge in [-0.05, 0) is 50.6 Å². The normalized spacial score (nSPS) is 13.9. The van der Waals surface area contributed by atoms with E-state index in [4.69, 9.17) is 0 Å². The van der Waals surface area contributed by atoms with Crippen LogP contribution in [0.1, 0.15) is 29.9 Å². The summed E-state index contributed by atoms with van der Waals surface area (Å²) in [6.45, 7) is 10.3. The van der Waals surface area contributed by atoms with Crippen LogP contribution in [0.3, 0.4) is 0 Å². The van der Waals surface area contributed by atoms with Crippen LogP contribution in [0.2, 0.25) is 0 Å². The van der Waals surface area contributed by atoms with Crippen molar-refractivity contribution >= 4 is 29.6 Å². The second kappa shape index (κ2) is 9.36. The molecule has 1 fully saturated rings. The summed E-state index contributed by atoms with van der Waals surface area (Å²) in [7, 11) is 0. The van der Waals surface area contributed by atoms with Gasteiger partial charge in [-0.15, -0.1) is 0 Å². The topological polar surface area (TPSA) is 81.7 Å². The predicted octanol–water partition coefficient (Wildman–Crippen LogP) is 2.29. The summed E-state index contributed by atoms with van der Waals surface area (Å²) in [5.41, 5.74) is 3.52. The highest BCUT2D eigenvalue weighted by atomic mass is 16.2. The van der Waals surface area contributed by atoms with E-state index in [9.17, 15) is 9.59 Å². The van der Waals surface area contributed by atoms with E-state index in [2.05, 4.69) is 46.2 Å². The van der Waals surface area contributed by atoms with Gasteiger partial charge in [0.1, 0.15) is 5.69 Å². The van der Waals surface area contributed by atoms with Crippen molar-refractivity contribution in [2.75, 3.05) is 49.5 Å². The van der Waals surface area contributed by atoms with E-state index < -0.39 is 0 Å². The van der Waals surface area contributed by atoms with E-state index >= 15 is 0 Å². The van der Waals surface area contributed by atoms with E-state index in [1.54, 1.807) is 22.1 Å². The van der Waals surface area contributed by atoms with Gasteiger partial charge >= 0.3 is 0 Å². The van der Waals surface area contributed by atoms with Crippen LogP contribution in [-0.4, -0.2) is 71.4 Å². The standard InChI is InChI=1S/C21H28N6O2/c1-4-26(5-2)17-6-7-18(16(3)14-17)23-21-22-9-8-19(24-21)20(29)27-12-10-25(15-28)11-13-27/h6-9,14-15H,4-5,10-13H2,1-3H3,(H,22,23,24). The summed E-state index contributed by atoms with van der Waals surface area (Å²) in [5.74, 6) is 0.246. The van der Waals surface area contributed by atoms with Gasteiger partial charge in [0, 0.05) is 56.8 Å². The molecule has 2 amide bonds. The summed E-state index contributed by atoms with van der Waals surface area (Å²) in [6.07, 6.45) is 2.41. The first-order valence-corrected chi connectivity index (χ1v) is 10.00. The number of nitrogens with one attached hydrogen (secondary N) is 1. The molecular formula is C21H28N6O2. The Kier molecular flexibility index (Phi) is 6.64. The second-order valence-corrected chi connectivity index (χ2v) is 7.00. The lowest BCUT2D eigenvalue weighted by atomic mass is 10.1. The van der Waals surface area contributed by atoms with Crippen LogP contribution >= 0.6 is 0 Å². The summed E-state index contributed by atoms with van der Waals surface area (Å²) < 4.78 is 0. The van der Waals surface area contributed by atoms with Gasteiger partial charge in [-0.2, -0.15) is 0 Å². The molecule has 0 bridgehead atoms. The Morgan fingerprint density at radius 1 is 1.17 bits per heavy atom. The highest BCUT2D eigenvalue weighted by Gasteiger charge is 2.22. The summed E-state index contributed by atoms with van der Waals surface area (Å²) in [6, 6.07) is 7.84. The highest BCUT2D eigenvalue weighted by molar-refractivity contribution is 5.92. The fraction of sp³-hybridized carbons (Fsp3) is 0.429. The van der Waals surface area contributed by atoms with Gasteiger partial charge in [-0.25, -0.2) is 9.97 Å². The zero-order valence-electron chi connectivity index (χ0n) is 17.3. The van der Waals surface area contributed by atoms with E-state index in [1.165, 1.54) is 5.69 Å².